The molecule has 1 atom stereocenters. The number of thiophene rings is 1. The Balaban J connectivity index is 0.00000441. The topological polar surface area (TPSA) is 149 Å². The molecule has 0 bridgehead atoms. The van der Waals surface area contributed by atoms with Crippen LogP contribution in [-0.4, -0.2) is 85.8 Å². The van der Waals surface area contributed by atoms with Gasteiger partial charge >= 0.3 is 12.1 Å². The van der Waals surface area contributed by atoms with E-state index in [1.54, 1.807) is 29.2 Å². The van der Waals surface area contributed by atoms with E-state index < -0.39 is 42.1 Å². The zero-order chi connectivity index (χ0) is 28.3. The number of hydrogen-bond donors (Lipinski definition) is 1. The Kier molecular flexibility index (Phi) is 10.1. The summed E-state index contributed by atoms with van der Waals surface area (Å²) < 4.78 is 16.0. The number of anilines is 2. The number of cyclic esters (lactones) is 1. The van der Waals surface area contributed by atoms with Crippen molar-refractivity contribution in [2.75, 3.05) is 49.3 Å². The number of hydrogen-bond acceptors (Lipinski definition) is 10. The predicted molar refractivity (Wildman–Crippen MR) is 149 cm³/mol. The maximum Gasteiger partial charge on any atom is 0.414 e. The molecule has 0 aliphatic carbocycles. The van der Waals surface area contributed by atoms with Crippen LogP contribution in [0.15, 0.2) is 36.4 Å². The lowest BCUT2D eigenvalue weighted by molar-refractivity contribution is -0.155. The van der Waals surface area contributed by atoms with Gasteiger partial charge in [0.15, 0.2) is 6.61 Å². The number of carbonyl (C=O) groups is 5. The average Bonchev–Trinajstić information content (AvgIpc) is 3.50. The highest BCUT2D eigenvalue weighted by Gasteiger charge is 2.37. The molecule has 0 radical (unpaired) electrons. The van der Waals surface area contributed by atoms with Crippen molar-refractivity contribution in [1.29, 1.82) is 0 Å². The molecule has 4 amide bonds. The summed E-state index contributed by atoms with van der Waals surface area (Å²) in [6, 6.07) is 9.77. The fraction of sp³-hybridized carbons (Fsp3) is 0.400. The van der Waals surface area contributed by atoms with Crippen LogP contribution >= 0.6 is 35.3 Å². The van der Waals surface area contributed by atoms with E-state index in [0.717, 1.165) is 16.2 Å². The van der Waals surface area contributed by atoms with Gasteiger partial charge in [-0.25, -0.2) is 4.79 Å². The van der Waals surface area contributed by atoms with Gasteiger partial charge in [-0.1, -0.05) is 11.6 Å². The fourth-order valence-electron chi connectivity index (χ4n) is 3.89. The molecule has 0 unspecified atom stereocenters. The van der Waals surface area contributed by atoms with E-state index in [0.29, 0.717) is 28.9 Å². The second kappa shape index (κ2) is 13.0. The zero-order valence-corrected chi connectivity index (χ0v) is 24.1. The van der Waals surface area contributed by atoms with E-state index in [1.165, 1.54) is 30.9 Å². The first-order valence-electron chi connectivity index (χ1n) is 12.0. The number of nitrogens with zero attached hydrogens (tertiary/aromatic N) is 3. The van der Waals surface area contributed by atoms with Gasteiger partial charge in [-0.05, 0) is 50.2 Å². The Hall–Kier alpha value is -3.23. The Bertz CT molecular complexity index is 1280. The highest BCUT2D eigenvalue weighted by Crippen LogP contribution is 2.27. The van der Waals surface area contributed by atoms with Crippen molar-refractivity contribution in [2.45, 2.75) is 25.5 Å². The number of imide groups is 1. The van der Waals surface area contributed by atoms with Gasteiger partial charge < -0.3 is 24.8 Å². The number of ether oxygens (including phenoxy) is 3. The summed E-state index contributed by atoms with van der Waals surface area (Å²) in [7, 11) is 0. The standard InChI is InChI=1S/C25H27ClN4O8S.ClH/c1-25(2,27)23(34)37-14-21(32)30(22(33)18-7-8-19(26)39-18)12-17-11-29(24(35)38-17)16-5-3-15(4-6-16)28-9-10-36-13-20(28)31;/h3-8,17H,9-14,27H2,1-2H3;1H/t17-;/m1./s1. The van der Waals surface area contributed by atoms with Crippen LogP contribution in [0.2, 0.25) is 4.34 Å². The van der Waals surface area contributed by atoms with Gasteiger partial charge in [0, 0.05) is 17.9 Å². The van der Waals surface area contributed by atoms with Crippen LogP contribution in [-0.2, 0) is 28.6 Å². The molecule has 0 saturated carbocycles. The molecule has 1 aromatic carbocycles. The number of esters is 1. The fourth-order valence-corrected chi connectivity index (χ4v) is 4.88. The third-order valence-corrected chi connectivity index (χ3v) is 7.12. The first-order chi connectivity index (χ1) is 18.4. The quantitative estimate of drug-likeness (QED) is 0.442. The molecule has 4 rings (SSSR count). The van der Waals surface area contributed by atoms with Gasteiger partial charge in [-0.15, -0.1) is 23.7 Å². The molecule has 12 nitrogen and oxygen atoms in total. The Morgan fingerprint density at radius 3 is 2.35 bits per heavy atom. The van der Waals surface area contributed by atoms with Crippen molar-refractivity contribution in [2.24, 2.45) is 5.73 Å². The minimum Gasteiger partial charge on any atom is -0.454 e. The number of halogens is 2. The van der Waals surface area contributed by atoms with Crippen molar-refractivity contribution in [1.82, 2.24) is 4.90 Å². The van der Waals surface area contributed by atoms with Crippen molar-refractivity contribution in [3.05, 3.63) is 45.6 Å². The average molecular weight is 615 g/mol. The van der Waals surface area contributed by atoms with E-state index in [-0.39, 0.29) is 42.9 Å². The molecule has 2 saturated heterocycles. The SMILES string of the molecule is CC(C)(N)C(=O)OCC(=O)N(C[C@H]1CN(c2ccc(N3CCOCC3=O)cc2)C(=O)O1)C(=O)c1ccc(Cl)s1.Cl. The van der Waals surface area contributed by atoms with E-state index in [4.69, 9.17) is 31.5 Å². The van der Waals surface area contributed by atoms with Crippen LogP contribution in [0.25, 0.3) is 0 Å². The smallest absolute Gasteiger partial charge is 0.414 e. The molecule has 0 spiro atoms. The van der Waals surface area contributed by atoms with Gasteiger partial charge in [0.2, 0.25) is 0 Å². The molecular formula is C25H28Cl2N4O8S. The monoisotopic (exact) mass is 614 g/mol. The predicted octanol–water partition coefficient (Wildman–Crippen LogP) is 2.46. The minimum atomic E-state index is -1.33. The number of nitrogens with two attached hydrogens (primary N) is 1. The summed E-state index contributed by atoms with van der Waals surface area (Å²) in [5.41, 5.74) is 5.56. The zero-order valence-electron chi connectivity index (χ0n) is 21.7. The summed E-state index contributed by atoms with van der Waals surface area (Å²) in [6.07, 6.45) is -1.52. The molecular weight excluding hydrogens is 587 g/mol. The molecule has 15 heteroatoms. The van der Waals surface area contributed by atoms with E-state index in [1.807, 2.05) is 0 Å². The summed E-state index contributed by atoms with van der Waals surface area (Å²) in [5, 5.41) is 0. The summed E-state index contributed by atoms with van der Waals surface area (Å²) in [4.78, 5) is 67.0. The van der Waals surface area contributed by atoms with Crippen LogP contribution in [0, 0.1) is 0 Å². The normalized spacial score (nSPS) is 17.2. The Morgan fingerprint density at radius 1 is 1.12 bits per heavy atom. The Morgan fingerprint density at radius 2 is 1.77 bits per heavy atom. The maximum absolute atomic E-state index is 13.2. The van der Waals surface area contributed by atoms with Gasteiger partial charge in [-0.2, -0.15) is 0 Å². The summed E-state index contributed by atoms with van der Waals surface area (Å²) >= 11 is 6.94. The van der Waals surface area contributed by atoms with Crippen LogP contribution in [0.1, 0.15) is 23.5 Å². The summed E-state index contributed by atoms with van der Waals surface area (Å²) in [6.45, 7) is 2.77. The minimum absolute atomic E-state index is 0. The molecule has 2 aliphatic rings. The number of benzene rings is 1. The highest BCUT2D eigenvalue weighted by molar-refractivity contribution is 7.18. The lowest BCUT2D eigenvalue weighted by Crippen LogP contribution is -2.47. The third kappa shape index (κ3) is 7.29. The van der Waals surface area contributed by atoms with Crippen molar-refractivity contribution < 1.29 is 38.2 Å². The molecule has 3 heterocycles. The van der Waals surface area contributed by atoms with Crippen LogP contribution in [0.4, 0.5) is 16.2 Å². The van der Waals surface area contributed by atoms with E-state index in [9.17, 15) is 24.0 Å². The van der Waals surface area contributed by atoms with Crippen LogP contribution in [0.3, 0.4) is 0 Å². The molecule has 40 heavy (non-hydrogen) atoms. The van der Waals surface area contributed by atoms with Gasteiger partial charge in [0.05, 0.1) is 28.9 Å². The number of morpholine rings is 1. The van der Waals surface area contributed by atoms with Gasteiger partial charge in [0.1, 0.15) is 18.2 Å². The van der Waals surface area contributed by atoms with E-state index >= 15 is 0 Å². The van der Waals surface area contributed by atoms with Crippen molar-refractivity contribution in [3.8, 4) is 0 Å². The maximum atomic E-state index is 13.2. The highest BCUT2D eigenvalue weighted by atomic mass is 35.5. The molecule has 2 fully saturated rings. The van der Waals surface area contributed by atoms with E-state index in [2.05, 4.69) is 0 Å². The first-order valence-corrected chi connectivity index (χ1v) is 13.2. The number of rotatable bonds is 8. The van der Waals surface area contributed by atoms with Crippen LogP contribution in [0.5, 0.6) is 0 Å². The van der Waals surface area contributed by atoms with Crippen LogP contribution < -0.4 is 15.5 Å². The van der Waals surface area contributed by atoms with Crippen molar-refractivity contribution >= 4 is 76.5 Å². The molecule has 2 aromatic rings. The van der Waals surface area contributed by atoms with Crippen molar-refractivity contribution in [3.63, 3.8) is 0 Å². The number of amides is 4. The second-order valence-electron chi connectivity index (χ2n) is 9.44. The lowest BCUT2D eigenvalue weighted by atomic mass is 10.1. The molecule has 2 aliphatic heterocycles. The number of carbonyl (C=O) groups excluding carboxylic acids is 5. The third-order valence-electron chi connectivity index (χ3n) is 5.90. The summed E-state index contributed by atoms with van der Waals surface area (Å²) in [5.74, 6) is -2.45. The molecule has 216 valence electrons. The Labute approximate surface area is 245 Å². The van der Waals surface area contributed by atoms with Gasteiger partial charge in [0.25, 0.3) is 17.7 Å². The molecule has 1 aromatic heterocycles. The molecule has 2 N–H and O–H groups in total. The largest absolute Gasteiger partial charge is 0.454 e. The van der Waals surface area contributed by atoms with Gasteiger partial charge in [-0.3, -0.25) is 29.0 Å². The first kappa shape index (κ1) is 31.3. The second-order valence-corrected chi connectivity index (χ2v) is 11.2. The lowest BCUT2D eigenvalue weighted by Gasteiger charge is -2.27.